The highest BCUT2D eigenvalue weighted by Crippen LogP contribution is 2.31. The molecule has 0 unspecified atom stereocenters. The zero-order chi connectivity index (χ0) is 8.39. The maximum atomic E-state index is 2.36. The minimum absolute atomic E-state index is 1.25. The molecule has 2 rings (SSSR count). The molecule has 0 aromatic carbocycles. The molecule has 64 valence electrons. The van der Waals surface area contributed by atoms with E-state index in [9.17, 15) is 0 Å². The molecule has 1 aliphatic carbocycles. The molecule has 12 heavy (non-hydrogen) atoms. The molecule has 0 saturated heterocycles. The first-order chi connectivity index (χ1) is 5.92. The lowest BCUT2D eigenvalue weighted by molar-refractivity contribution is 0.932. The molecular formula is C9H10INS. The maximum Gasteiger partial charge on any atom is 0.0554 e. The number of hydrogen-bond acceptors (Lipinski definition) is 1. The first kappa shape index (κ1) is 8.69. The molecule has 0 N–H and O–H groups in total. The summed E-state index contributed by atoms with van der Waals surface area (Å²) in [6, 6.07) is 4.31. The quantitative estimate of drug-likeness (QED) is 0.748. The normalized spacial score (nSPS) is 16.6. The topological polar surface area (TPSA) is 4.93 Å². The first-order valence-electron chi connectivity index (χ1n) is 4.07. The van der Waals surface area contributed by atoms with Crippen molar-refractivity contribution in [3.63, 3.8) is 0 Å². The van der Waals surface area contributed by atoms with Crippen molar-refractivity contribution in [3.8, 4) is 0 Å². The minimum atomic E-state index is 1.25. The SMILES string of the molecule is ISn1cccc1C1=CCCC1. The van der Waals surface area contributed by atoms with Gasteiger partial charge in [-0.2, -0.15) is 0 Å². The molecule has 0 aliphatic heterocycles. The number of halogens is 1. The van der Waals surface area contributed by atoms with Gasteiger partial charge in [0.05, 0.1) is 5.69 Å². The van der Waals surface area contributed by atoms with Crippen LogP contribution in [0.1, 0.15) is 25.0 Å². The van der Waals surface area contributed by atoms with Crippen molar-refractivity contribution < 1.29 is 0 Å². The molecule has 0 bridgehead atoms. The van der Waals surface area contributed by atoms with E-state index in [1.165, 1.54) is 30.5 Å². The third-order valence-corrected chi connectivity index (χ3v) is 3.90. The summed E-state index contributed by atoms with van der Waals surface area (Å²) in [7, 11) is 1.73. The molecule has 0 amide bonds. The van der Waals surface area contributed by atoms with Crippen molar-refractivity contribution in [3.05, 3.63) is 30.1 Å². The second kappa shape index (κ2) is 3.87. The van der Waals surface area contributed by atoms with Crippen molar-refractivity contribution in [2.45, 2.75) is 19.3 Å². The van der Waals surface area contributed by atoms with Gasteiger partial charge in [-0.15, -0.1) is 0 Å². The summed E-state index contributed by atoms with van der Waals surface area (Å²) < 4.78 is 2.22. The van der Waals surface area contributed by atoms with E-state index in [1.807, 2.05) is 0 Å². The van der Waals surface area contributed by atoms with Crippen LogP contribution in [0.15, 0.2) is 24.4 Å². The fourth-order valence-corrected chi connectivity index (χ4v) is 2.98. The highest BCUT2D eigenvalue weighted by molar-refractivity contribution is 14.2. The van der Waals surface area contributed by atoms with Gasteiger partial charge in [-0.1, -0.05) is 6.08 Å². The summed E-state index contributed by atoms with van der Waals surface area (Å²) in [5.74, 6) is 0. The van der Waals surface area contributed by atoms with Gasteiger partial charge in [0, 0.05) is 36.5 Å². The Labute approximate surface area is 88.9 Å². The summed E-state index contributed by atoms with van der Waals surface area (Å²) in [6.45, 7) is 0. The monoisotopic (exact) mass is 291 g/mol. The molecule has 0 radical (unpaired) electrons. The van der Waals surface area contributed by atoms with Crippen LogP contribution in [0.5, 0.6) is 0 Å². The molecule has 1 aliphatic rings. The van der Waals surface area contributed by atoms with Crippen LogP contribution >= 0.6 is 30.3 Å². The second-order valence-electron chi connectivity index (χ2n) is 2.91. The van der Waals surface area contributed by atoms with Gasteiger partial charge in [-0.3, -0.25) is 3.97 Å². The molecule has 1 heterocycles. The lowest BCUT2D eigenvalue weighted by Crippen LogP contribution is -1.87. The van der Waals surface area contributed by atoms with Crippen molar-refractivity contribution >= 4 is 35.9 Å². The lowest BCUT2D eigenvalue weighted by Gasteiger charge is -2.03. The van der Waals surface area contributed by atoms with E-state index < -0.39 is 0 Å². The Morgan fingerprint density at radius 3 is 3.08 bits per heavy atom. The van der Waals surface area contributed by atoms with Gasteiger partial charge in [-0.05, 0) is 37.0 Å². The van der Waals surface area contributed by atoms with Crippen LogP contribution in [0, 0.1) is 0 Å². The van der Waals surface area contributed by atoms with E-state index >= 15 is 0 Å². The van der Waals surface area contributed by atoms with E-state index in [1.54, 1.807) is 9.12 Å². The van der Waals surface area contributed by atoms with Crippen LogP contribution in [-0.2, 0) is 0 Å². The van der Waals surface area contributed by atoms with Crippen LogP contribution in [0.3, 0.4) is 0 Å². The number of nitrogens with zero attached hydrogens (tertiary/aromatic N) is 1. The van der Waals surface area contributed by atoms with Crippen LogP contribution in [0.4, 0.5) is 0 Å². The van der Waals surface area contributed by atoms with Crippen LogP contribution < -0.4 is 0 Å². The van der Waals surface area contributed by atoms with Gasteiger partial charge in [-0.25, -0.2) is 0 Å². The highest BCUT2D eigenvalue weighted by atomic mass is 127. The Kier molecular flexibility index (Phi) is 2.80. The Balaban J connectivity index is 2.32. The average molecular weight is 291 g/mol. The van der Waals surface area contributed by atoms with Crippen molar-refractivity contribution in [1.29, 1.82) is 0 Å². The minimum Gasteiger partial charge on any atom is -0.283 e. The third-order valence-electron chi connectivity index (χ3n) is 2.16. The Morgan fingerprint density at radius 2 is 2.42 bits per heavy atom. The van der Waals surface area contributed by atoms with Gasteiger partial charge in [0.1, 0.15) is 0 Å². The largest absolute Gasteiger partial charge is 0.283 e. The molecule has 1 aromatic rings. The lowest BCUT2D eigenvalue weighted by atomic mass is 10.2. The van der Waals surface area contributed by atoms with Crippen LogP contribution in [0.25, 0.3) is 5.57 Å². The Hall–Kier alpha value is 0.100. The van der Waals surface area contributed by atoms with Gasteiger partial charge < -0.3 is 0 Å². The van der Waals surface area contributed by atoms with E-state index in [2.05, 4.69) is 49.6 Å². The zero-order valence-electron chi connectivity index (χ0n) is 6.66. The molecular weight excluding hydrogens is 281 g/mol. The van der Waals surface area contributed by atoms with Crippen LogP contribution in [-0.4, -0.2) is 3.97 Å². The third kappa shape index (κ3) is 1.57. The smallest absolute Gasteiger partial charge is 0.0554 e. The molecule has 1 aromatic heterocycles. The highest BCUT2D eigenvalue weighted by Gasteiger charge is 2.10. The summed E-state index contributed by atoms with van der Waals surface area (Å²) in [4.78, 5) is 0. The predicted molar refractivity (Wildman–Crippen MR) is 63.3 cm³/mol. The van der Waals surface area contributed by atoms with Gasteiger partial charge in [0.2, 0.25) is 0 Å². The Bertz CT molecular complexity index is 303. The van der Waals surface area contributed by atoms with E-state index in [0.717, 1.165) is 0 Å². The number of aromatic nitrogens is 1. The molecule has 3 heteroatoms. The van der Waals surface area contributed by atoms with Crippen molar-refractivity contribution in [2.24, 2.45) is 0 Å². The Morgan fingerprint density at radius 1 is 1.50 bits per heavy atom. The molecule has 0 spiro atoms. The molecule has 0 fully saturated rings. The standard InChI is InChI=1S/C9H10INS/c10-12-11-7-3-6-9(11)8-4-1-2-5-8/h3-4,6-7H,1-2,5H2. The molecule has 1 nitrogen and oxygen atoms in total. The second-order valence-corrected chi connectivity index (χ2v) is 4.62. The van der Waals surface area contributed by atoms with Gasteiger partial charge >= 0.3 is 0 Å². The van der Waals surface area contributed by atoms with Crippen LogP contribution in [0.2, 0.25) is 0 Å². The van der Waals surface area contributed by atoms with E-state index in [4.69, 9.17) is 0 Å². The maximum absolute atomic E-state index is 2.36. The summed E-state index contributed by atoms with van der Waals surface area (Å²) in [5, 5.41) is 0. The number of hydrogen-bond donors (Lipinski definition) is 0. The van der Waals surface area contributed by atoms with Gasteiger partial charge in [0.15, 0.2) is 0 Å². The van der Waals surface area contributed by atoms with E-state index in [0.29, 0.717) is 0 Å². The summed E-state index contributed by atoms with van der Waals surface area (Å²) in [6.07, 6.45) is 8.31. The zero-order valence-corrected chi connectivity index (χ0v) is 9.64. The van der Waals surface area contributed by atoms with E-state index in [-0.39, 0.29) is 0 Å². The summed E-state index contributed by atoms with van der Waals surface area (Å²) >= 11 is 2.31. The van der Waals surface area contributed by atoms with Gasteiger partial charge in [0.25, 0.3) is 0 Å². The summed E-state index contributed by atoms with van der Waals surface area (Å²) in [5.41, 5.74) is 2.90. The predicted octanol–water partition coefficient (Wildman–Crippen LogP) is 3.90. The molecule has 0 atom stereocenters. The van der Waals surface area contributed by atoms with Crippen molar-refractivity contribution in [1.82, 2.24) is 3.97 Å². The number of allylic oxidation sites excluding steroid dienone is 2. The molecule has 0 saturated carbocycles. The number of rotatable bonds is 2. The first-order valence-corrected chi connectivity index (χ1v) is 7.39. The van der Waals surface area contributed by atoms with Crippen molar-refractivity contribution in [2.75, 3.05) is 0 Å². The fourth-order valence-electron chi connectivity index (χ4n) is 1.58. The fraction of sp³-hybridized carbons (Fsp3) is 0.333. The average Bonchev–Trinajstić information content (AvgIpc) is 2.74.